The molecule has 4 aromatic rings. The summed E-state index contributed by atoms with van der Waals surface area (Å²) in [5.74, 6) is 2.35. The Morgan fingerprint density at radius 1 is 1.08 bits per heavy atom. The minimum Gasteiger partial charge on any atom is -0.489 e. The van der Waals surface area contributed by atoms with E-state index in [1.54, 1.807) is 54.7 Å². The predicted octanol–water partition coefficient (Wildman–Crippen LogP) is 4.80. The lowest BCUT2D eigenvalue weighted by Gasteiger charge is -2.21. The number of benzene rings is 2. The lowest BCUT2D eigenvalue weighted by molar-refractivity contribution is 0.292. The van der Waals surface area contributed by atoms with Crippen LogP contribution in [0, 0.1) is 22.9 Å². The SMILES string of the molecule is CN(C#N)c1ccccc1Oc1ccnc(Nc2cnc(N)cc2OCC2Cc3ccccc3N2C#N)c1. The molecule has 0 fully saturated rings. The van der Waals surface area contributed by atoms with Crippen LogP contribution in [-0.4, -0.2) is 29.7 Å². The fourth-order valence-electron chi connectivity index (χ4n) is 4.26. The van der Waals surface area contributed by atoms with Gasteiger partial charge in [0, 0.05) is 25.4 Å². The highest BCUT2D eigenvalue weighted by molar-refractivity contribution is 5.67. The molecule has 1 unspecified atom stereocenters. The van der Waals surface area contributed by atoms with Crippen molar-refractivity contribution >= 4 is 28.7 Å². The van der Waals surface area contributed by atoms with Crippen LogP contribution in [0.15, 0.2) is 79.1 Å². The summed E-state index contributed by atoms with van der Waals surface area (Å²) in [5, 5.41) is 22.2. The van der Waals surface area contributed by atoms with Gasteiger partial charge in [-0.1, -0.05) is 30.3 Å². The van der Waals surface area contributed by atoms with Crippen LogP contribution < -0.4 is 30.3 Å². The molecular weight excluding hydrogens is 480 g/mol. The van der Waals surface area contributed by atoms with E-state index in [1.165, 1.54) is 4.90 Å². The fourth-order valence-corrected chi connectivity index (χ4v) is 4.26. The molecule has 0 amide bonds. The second-order valence-corrected chi connectivity index (χ2v) is 8.60. The second-order valence-electron chi connectivity index (χ2n) is 8.60. The molecule has 0 saturated carbocycles. The van der Waals surface area contributed by atoms with Crippen LogP contribution in [0.5, 0.6) is 17.2 Å². The number of rotatable bonds is 8. The van der Waals surface area contributed by atoms with E-state index in [4.69, 9.17) is 15.2 Å². The van der Waals surface area contributed by atoms with Crippen LogP contribution in [0.2, 0.25) is 0 Å². The van der Waals surface area contributed by atoms with Crippen molar-refractivity contribution in [2.45, 2.75) is 12.5 Å². The van der Waals surface area contributed by atoms with E-state index >= 15 is 0 Å². The number of nitrogens with zero attached hydrogens (tertiary/aromatic N) is 6. The normalized spacial score (nSPS) is 13.7. The molecule has 1 aliphatic heterocycles. The van der Waals surface area contributed by atoms with Gasteiger partial charge in [0.15, 0.2) is 18.1 Å². The van der Waals surface area contributed by atoms with Crippen molar-refractivity contribution in [3.05, 3.63) is 84.7 Å². The number of aromatic nitrogens is 2. The molecule has 0 aliphatic carbocycles. The third-order valence-electron chi connectivity index (χ3n) is 6.10. The molecule has 1 aliphatic rings. The minimum absolute atomic E-state index is 0.138. The highest BCUT2D eigenvalue weighted by Crippen LogP contribution is 2.35. The first kappa shape index (κ1) is 24.2. The Morgan fingerprint density at radius 3 is 2.74 bits per heavy atom. The Balaban J connectivity index is 1.32. The molecule has 38 heavy (non-hydrogen) atoms. The zero-order valence-electron chi connectivity index (χ0n) is 20.6. The van der Waals surface area contributed by atoms with E-state index in [9.17, 15) is 10.5 Å². The van der Waals surface area contributed by atoms with Crippen LogP contribution >= 0.6 is 0 Å². The standard InChI is InChI=1S/C28H24N8O2/c1-35(17-29)24-8-4-5-9-25(24)38-21-10-11-32-28(13-21)34-22-15-33-27(31)14-26(22)37-16-20-12-19-6-2-3-7-23(19)36(20)18-30/h2-11,13-15,20H,12,16H2,1H3,(H2,31,33)(H,32,34). The molecule has 5 rings (SSSR count). The van der Waals surface area contributed by atoms with Crippen molar-refractivity contribution in [3.63, 3.8) is 0 Å². The van der Waals surface area contributed by atoms with E-state index in [1.807, 2.05) is 36.4 Å². The highest BCUT2D eigenvalue weighted by Gasteiger charge is 2.30. The monoisotopic (exact) mass is 504 g/mol. The van der Waals surface area contributed by atoms with Crippen LogP contribution in [-0.2, 0) is 6.42 Å². The molecule has 0 saturated heterocycles. The summed E-state index contributed by atoms with van der Waals surface area (Å²) in [7, 11) is 1.66. The number of hydrogen-bond donors (Lipinski definition) is 2. The number of nitrogens with two attached hydrogens (primary N) is 1. The van der Waals surface area contributed by atoms with Crippen molar-refractivity contribution < 1.29 is 9.47 Å². The van der Waals surface area contributed by atoms with Crippen LogP contribution in [0.4, 0.5) is 28.7 Å². The van der Waals surface area contributed by atoms with Gasteiger partial charge >= 0.3 is 0 Å². The van der Waals surface area contributed by atoms with Gasteiger partial charge in [-0.2, -0.15) is 10.5 Å². The molecule has 3 N–H and O–H groups in total. The van der Waals surface area contributed by atoms with Crippen molar-refractivity contribution in [2.75, 3.05) is 34.5 Å². The Labute approximate surface area is 220 Å². The Bertz CT molecular complexity index is 1540. The minimum atomic E-state index is -0.138. The van der Waals surface area contributed by atoms with Gasteiger partial charge in [-0.25, -0.2) is 9.97 Å². The molecule has 10 heteroatoms. The lowest BCUT2D eigenvalue weighted by Crippen LogP contribution is -2.33. The smallest absolute Gasteiger partial charge is 0.184 e. The fraction of sp³-hybridized carbons (Fsp3) is 0.143. The number of nitrogen functional groups attached to an aromatic ring is 1. The Hall–Kier alpha value is -5.48. The van der Waals surface area contributed by atoms with E-state index in [2.05, 4.69) is 27.7 Å². The molecule has 1 atom stereocenters. The molecule has 188 valence electrons. The number of fused-ring (bicyclic) bond motifs is 1. The third-order valence-corrected chi connectivity index (χ3v) is 6.10. The van der Waals surface area contributed by atoms with Crippen molar-refractivity contribution in [1.29, 1.82) is 10.5 Å². The lowest BCUT2D eigenvalue weighted by atomic mass is 10.1. The summed E-state index contributed by atoms with van der Waals surface area (Å²) in [6.45, 7) is 0.278. The van der Waals surface area contributed by atoms with E-state index < -0.39 is 0 Å². The maximum Gasteiger partial charge on any atom is 0.184 e. The maximum absolute atomic E-state index is 9.71. The molecule has 10 nitrogen and oxygen atoms in total. The zero-order chi connectivity index (χ0) is 26.5. The topological polar surface area (TPSA) is 136 Å². The number of hydrogen-bond acceptors (Lipinski definition) is 10. The maximum atomic E-state index is 9.71. The molecule has 3 heterocycles. The van der Waals surface area contributed by atoms with Gasteiger partial charge in [-0.3, -0.25) is 9.80 Å². The van der Waals surface area contributed by atoms with Crippen LogP contribution in [0.25, 0.3) is 0 Å². The van der Waals surface area contributed by atoms with Gasteiger partial charge in [-0.05, 0) is 36.2 Å². The number of nitriles is 2. The first-order valence-corrected chi connectivity index (χ1v) is 11.8. The largest absolute Gasteiger partial charge is 0.489 e. The van der Waals surface area contributed by atoms with Crippen molar-refractivity contribution in [2.24, 2.45) is 0 Å². The second kappa shape index (κ2) is 10.6. The molecule has 2 aromatic carbocycles. The van der Waals surface area contributed by atoms with Gasteiger partial charge < -0.3 is 20.5 Å². The van der Waals surface area contributed by atoms with E-state index in [0.29, 0.717) is 46.7 Å². The first-order chi connectivity index (χ1) is 18.6. The van der Waals surface area contributed by atoms with Gasteiger partial charge in [0.05, 0.1) is 23.6 Å². The molecule has 0 radical (unpaired) electrons. The Morgan fingerprint density at radius 2 is 1.89 bits per heavy atom. The number of nitrogens with one attached hydrogen (secondary N) is 1. The zero-order valence-corrected chi connectivity index (χ0v) is 20.6. The first-order valence-electron chi connectivity index (χ1n) is 11.8. The number of para-hydroxylation sites is 3. The average molecular weight is 505 g/mol. The van der Waals surface area contributed by atoms with Gasteiger partial charge in [0.1, 0.15) is 35.4 Å². The average Bonchev–Trinajstić information content (AvgIpc) is 3.30. The molecular formula is C28H24N8O2. The van der Waals surface area contributed by atoms with Gasteiger partial charge in [0.2, 0.25) is 0 Å². The van der Waals surface area contributed by atoms with Crippen molar-refractivity contribution in [1.82, 2.24) is 9.97 Å². The van der Waals surface area contributed by atoms with Gasteiger partial charge in [-0.15, -0.1) is 0 Å². The molecule has 0 spiro atoms. The predicted molar refractivity (Wildman–Crippen MR) is 144 cm³/mol. The number of ether oxygens (including phenoxy) is 2. The molecule has 2 aromatic heterocycles. The summed E-state index contributed by atoms with van der Waals surface area (Å²) >= 11 is 0. The summed E-state index contributed by atoms with van der Waals surface area (Å²) < 4.78 is 12.2. The Kier molecular flexibility index (Phi) is 6.79. The molecule has 0 bridgehead atoms. The van der Waals surface area contributed by atoms with Crippen LogP contribution in [0.3, 0.4) is 0 Å². The number of anilines is 5. The van der Waals surface area contributed by atoms with E-state index in [-0.39, 0.29) is 12.6 Å². The van der Waals surface area contributed by atoms with Gasteiger partial charge in [0.25, 0.3) is 0 Å². The van der Waals surface area contributed by atoms with Crippen molar-refractivity contribution in [3.8, 4) is 29.6 Å². The summed E-state index contributed by atoms with van der Waals surface area (Å²) in [4.78, 5) is 11.7. The number of pyridine rings is 2. The summed E-state index contributed by atoms with van der Waals surface area (Å²) in [5.41, 5.74) is 9.16. The highest BCUT2D eigenvalue weighted by atomic mass is 16.5. The van der Waals surface area contributed by atoms with Crippen LogP contribution in [0.1, 0.15) is 5.56 Å². The van der Waals surface area contributed by atoms with E-state index in [0.717, 1.165) is 11.3 Å². The summed E-state index contributed by atoms with van der Waals surface area (Å²) in [6, 6.07) is 20.1. The summed E-state index contributed by atoms with van der Waals surface area (Å²) in [6.07, 6.45) is 8.24. The quantitative estimate of drug-likeness (QED) is 0.254. The third kappa shape index (κ3) is 5.06.